The fourth-order valence-electron chi connectivity index (χ4n) is 1.51. The predicted octanol–water partition coefficient (Wildman–Crippen LogP) is 4.80. The normalized spacial score (nSPS) is 10.3. The van der Waals surface area contributed by atoms with Gasteiger partial charge in [0.1, 0.15) is 5.82 Å². The summed E-state index contributed by atoms with van der Waals surface area (Å²) in [5.74, 6) is -0.779. The summed E-state index contributed by atoms with van der Waals surface area (Å²) in [7, 11) is 0. The maximum Gasteiger partial charge on any atom is 0.255 e. The maximum atomic E-state index is 13.4. The number of nitrogens with one attached hydrogen (secondary N) is 1. The lowest BCUT2D eigenvalue weighted by Gasteiger charge is -2.07. The van der Waals surface area contributed by atoms with E-state index in [0.717, 1.165) is 4.47 Å². The van der Waals surface area contributed by atoms with Crippen molar-refractivity contribution in [3.8, 4) is 0 Å². The monoisotopic (exact) mass is 341 g/mol. The molecule has 0 heterocycles. The summed E-state index contributed by atoms with van der Waals surface area (Å²) < 4.78 is 14.1. The Bertz CT molecular complexity index is 645. The molecule has 0 saturated heterocycles. The van der Waals surface area contributed by atoms with Crippen molar-refractivity contribution in [2.24, 2.45) is 0 Å². The largest absolute Gasteiger partial charge is 0.322 e. The molecule has 0 spiro atoms. The van der Waals surface area contributed by atoms with Gasteiger partial charge in [-0.05, 0) is 58.7 Å². The molecule has 2 aromatic carbocycles. The number of benzene rings is 2. The highest BCUT2D eigenvalue weighted by Gasteiger charge is 2.09. The molecule has 5 heteroatoms. The quantitative estimate of drug-likeness (QED) is 0.834. The molecule has 0 bridgehead atoms. The average Bonchev–Trinajstić information content (AvgIpc) is 2.37. The Labute approximate surface area is 123 Å². The highest BCUT2D eigenvalue weighted by molar-refractivity contribution is 9.10. The summed E-state index contributed by atoms with van der Waals surface area (Å²) >= 11 is 9.19. The fraction of sp³-hybridized carbons (Fsp3) is 0.0714. The Hall–Kier alpha value is -1.39. The van der Waals surface area contributed by atoms with Gasteiger partial charge in [-0.25, -0.2) is 4.39 Å². The Morgan fingerprint density at radius 1 is 1.26 bits per heavy atom. The summed E-state index contributed by atoms with van der Waals surface area (Å²) in [5.41, 5.74) is 1.32. The van der Waals surface area contributed by atoms with E-state index in [1.165, 1.54) is 6.07 Å². The molecule has 0 fully saturated rings. The molecule has 19 heavy (non-hydrogen) atoms. The lowest BCUT2D eigenvalue weighted by atomic mass is 10.1. The second-order valence-electron chi connectivity index (χ2n) is 4.05. The van der Waals surface area contributed by atoms with E-state index in [1.54, 1.807) is 37.3 Å². The van der Waals surface area contributed by atoms with Crippen molar-refractivity contribution in [2.45, 2.75) is 6.92 Å². The molecule has 98 valence electrons. The summed E-state index contributed by atoms with van der Waals surface area (Å²) in [6, 6.07) is 9.41. The molecule has 2 nitrogen and oxygen atoms in total. The zero-order valence-corrected chi connectivity index (χ0v) is 12.3. The third-order valence-corrected chi connectivity index (χ3v) is 3.84. The lowest BCUT2D eigenvalue weighted by Crippen LogP contribution is -2.12. The minimum absolute atomic E-state index is 0.266. The first-order chi connectivity index (χ1) is 8.97. The Morgan fingerprint density at radius 2 is 2.00 bits per heavy atom. The summed E-state index contributed by atoms with van der Waals surface area (Å²) in [5, 5.41) is 3.16. The third kappa shape index (κ3) is 3.33. The van der Waals surface area contributed by atoms with Crippen LogP contribution in [0.1, 0.15) is 15.9 Å². The first-order valence-corrected chi connectivity index (χ1v) is 6.67. The first-order valence-electron chi connectivity index (χ1n) is 5.50. The number of carbonyl (C=O) groups is 1. The van der Waals surface area contributed by atoms with Gasteiger partial charge in [0, 0.05) is 15.7 Å². The number of rotatable bonds is 2. The minimum Gasteiger partial charge on any atom is -0.322 e. The van der Waals surface area contributed by atoms with Crippen LogP contribution in [0.15, 0.2) is 40.9 Å². The standard InChI is InChI=1S/C14H10BrClFNO/c1-8-2-3-9(6-13(8)17)14(19)18-10-4-5-11(15)12(16)7-10/h2-7H,1H3,(H,18,19). The molecule has 0 radical (unpaired) electrons. The van der Waals surface area contributed by atoms with Crippen molar-refractivity contribution in [3.63, 3.8) is 0 Å². The number of amides is 1. The van der Waals surface area contributed by atoms with Crippen LogP contribution in [0, 0.1) is 12.7 Å². The van der Waals surface area contributed by atoms with Crippen molar-refractivity contribution in [1.29, 1.82) is 0 Å². The summed E-state index contributed by atoms with van der Waals surface area (Å²) in [6.45, 7) is 1.64. The van der Waals surface area contributed by atoms with Crippen LogP contribution in [-0.4, -0.2) is 5.91 Å². The molecular formula is C14H10BrClFNO. The van der Waals surface area contributed by atoms with Gasteiger partial charge in [-0.1, -0.05) is 17.7 Å². The molecule has 0 aliphatic heterocycles. The number of hydrogen-bond donors (Lipinski definition) is 1. The van der Waals surface area contributed by atoms with Gasteiger partial charge >= 0.3 is 0 Å². The molecule has 0 atom stereocenters. The van der Waals surface area contributed by atoms with E-state index in [1.807, 2.05) is 0 Å². The number of hydrogen-bond acceptors (Lipinski definition) is 1. The smallest absolute Gasteiger partial charge is 0.255 e. The third-order valence-electron chi connectivity index (χ3n) is 2.61. The van der Waals surface area contributed by atoms with Gasteiger partial charge in [0.2, 0.25) is 0 Å². The van der Waals surface area contributed by atoms with Crippen molar-refractivity contribution in [1.82, 2.24) is 0 Å². The molecule has 0 aliphatic rings. The average molecular weight is 343 g/mol. The second kappa shape index (κ2) is 5.72. The molecule has 1 amide bonds. The van der Waals surface area contributed by atoms with Crippen LogP contribution in [-0.2, 0) is 0 Å². The number of carbonyl (C=O) groups excluding carboxylic acids is 1. The van der Waals surface area contributed by atoms with E-state index in [0.29, 0.717) is 16.3 Å². The SMILES string of the molecule is Cc1ccc(C(=O)Nc2ccc(Br)c(Cl)c2)cc1F. The van der Waals surface area contributed by atoms with Crippen molar-refractivity contribution >= 4 is 39.1 Å². The Morgan fingerprint density at radius 3 is 2.63 bits per heavy atom. The minimum atomic E-state index is -0.401. The molecule has 0 aromatic heterocycles. The zero-order valence-electron chi connectivity index (χ0n) is 10.0. The Kier molecular flexibility index (Phi) is 4.22. The summed E-state index contributed by atoms with van der Waals surface area (Å²) in [6.07, 6.45) is 0. The van der Waals surface area contributed by atoms with E-state index in [2.05, 4.69) is 21.2 Å². The lowest BCUT2D eigenvalue weighted by molar-refractivity contribution is 0.102. The van der Waals surface area contributed by atoms with Crippen LogP contribution in [0.25, 0.3) is 0 Å². The number of halogens is 3. The van der Waals surface area contributed by atoms with Crippen LogP contribution in [0.5, 0.6) is 0 Å². The highest BCUT2D eigenvalue weighted by Crippen LogP contribution is 2.25. The maximum absolute atomic E-state index is 13.4. The van der Waals surface area contributed by atoms with Gasteiger partial charge in [0.15, 0.2) is 0 Å². The van der Waals surface area contributed by atoms with Gasteiger partial charge in [0.25, 0.3) is 5.91 Å². The van der Waals surface area contributed by atoms with Crippen molar-refractivity contribution in [2.75, 3.05) is 5.32 Å². The second-order valence-corrected chi connectivity index (χ2v) is 5.31. The zero-order chi connectivity index (χ0) is 14.0. The van der Waals surface area contributed by atoms with E-state index in [9.17, 15) is 9.18 Å². The highest BCUT2D eigenvalue weighted by atomic mass is 79.9. The molecule has 0 saturated carbocycles. The molecule has 1 N–H and O–H groups in total. The van der Waals surface area contributed by atoms with Crippen molar-refractivity contribution in [3.05, 3.63) is 62.8 Å². The van der Waals surface area contributed by atoms with E-state index in [4.69, 9.17) is 11.6 Å². The van der Waals surface area contributed by atoms with Gasteiger partial charge in [-0.15, -0.1) is 0 Å². The molecular weight excluding hydrogens is 333 g/mol. The van der Waals surface area contributed by atoms with E-state index in [-0.39, 0.29) is 11.5 Å². The number of aryl methyl sites for hydroxylation is 1. The van der Waals surface area contributed by atoms with Crippen molar-refractivity contribution < 1.29 is 9.18 Å². The van der Waals surface area contributed by atoms with Gasteiger partial charge < -0.3 is 5.32 Å². The van der Waals surface area contributed by atoms with Crippen LogP contribution in [0.3, 0.4) is 0 Å². The van der Waals surface area contributed by atoms with E-state index < -0.39 is 5.82 Å². The van der Waals surface area contributed by atoms with Crippen LogP contribution in [0.4, 0.5) is 10.1 Å². The van der Waals surface area contributed by atoms with Crippen LogP contribution < -0.4 is 5.32 Å². The molecule has 0 aliphatic carbocycles. The first kappa shape index (κ1) is 14.0. The summed E-state index contributed by atoms with van der Waals surface area (Å²) in [4.78, 5) is 11.9. The van der Waals surface area contributed by atoms with E-state index >= 15 is 0 Å². The molecule has 2 aromatic rings. The Balaban J connectivity index is 2.20. The fourth-order valence-corrected chi connectivity index (χ4v) is 1.94. The predicted molar refractivity (Wildman–Crippen MR) is 78.2 cm³/mol. The topological polar surface area (TPSA) is 29.1 Å². The number of anilines is 1. The molecule has 2 rings (SSSR count). The van der Waals surface area contributed by atoms with Gasteiger partial charge in [0.05, 0.1) is 5.02 Å². The van der Waals surface area contributed by atoms with Crippen LogP contribution >= 0.6 is 27.5 Å². The van der Waals surface area contributed by atoms with Gasteiger partial charge in [-0.3, -0.25) is 4.79 Å². The van der Waals surface area contributed by atoms with Gasteiger partial charge in [-0.2, -0.15) is 0 Å². The van der Waals surface area contributed by atoms with Crippen LogP contribution in [0.2, 0.25) is 5.02 Å². The molecule has 0 unspecified atom stereocenters.